The molecule has 2 N–H and O–H groups in total. The van der Waals surface area contributed by atoms with Crippen molar-refractivity contribution in [3.8, 4) is 5.75 Å². The highest BCUT2D eigenvalue weighted by atomic mass is 16.5. The number of nitrogens with one attached hydrogen (secondary N) is 2. The predicted molar refractivity (Wildman–Crippen MR) is 77.4 cm³/mol. The lowest BCUT2D eigenvalue weighted by molar-refractivity contribution is -0.121. The van der Waals surface area contributed by atoms with Crippen molar-refractivity contribution in [2.45, 2.75) is 33.2 Å². The molecule has 0 saturated heterocycles. The zero-order valence-corrected chi connectivity index (χ0v) is 12.0. The van der Waals surface area contributed by atoms with Gasteiger partial charge in [-0.3, -0.25) is 4.79 Å². The Morgan fingerprint density at radius 2 is 2.11 bits per heavy atom. The Bertz CT molecular complexity index is 391. The molecule has 4 heteroatoms. The van der Waals surface area contributed by atoms with E-state index >= 15 is 0 Å². The van der Waals surface area contributed by atoms with E-state index in [2.05, 4.69) is 24.5 Å². The van der Waals surface area contributed by atoms with Crippen molar-refractivity contribution in [3.63, 3.8) is 0 Å². The molecular formula is C15H24N2O2. The molecule has 1 amide bonds. The van der Waals surface area contributed by atoms with Gasteiger partial charge in [0.15, 0.2) is 0 Å². The minimum absolute atomic E-state index is 0.0565. The minimum atomic E-state index is 0.0565. The molecule has 0 aliphatic carbocycles. The maximum absolute atomic E-state index is 11.5. The van der Waals surface area contributed by atoms with E-state index in [0.717, 1.165) is 5.75 Å². The second kappa shape index (κ2) is 8.53. The largest absolute Gasteiger partial charge is 0.492 e. The number of hydrogen-bond acceptors (Lipinski definition) is 3. The highest BCUT2D eigenvalue weighted by Gasteiger charge is 2.01. The quantitative estimate of drug-likeness (QED) is 0.705. The van der Waals surface area contributed by atoms with Crippen molar-refractivity contribution in [2.75, 3.05) is 19.7 Å². The number of carbonyl (C=O) groups excluding carboxylic acids is 1. The van der Waals surface area contributed by atoms with Gasteiger partial charge in [-0.1, -0.05) is 26.0 Å². The fourth-order valence-corrected chi connectivity index (χ4v) is 1.63. The minimum Gasteiger partial charge on any atom is -0.492 e. The van der Waals surface area contributed by atoms with Gasteiger partial charge in [0.2, 0.25) is 5.91 Å². The molecule has 0 radical (unpaired) electrons. The van der Waals surface area contributed by atoms with Crippen molar-refractivity contribution in [2.24, 2.45) is 0 Å². The van der Waals surface area contributed by atoms with Crippen molar-refractivity contribution >= 4 is 5.91 Å². The number of rotatable bonds is 8. The first-order valence-electron chi connectivity index (χ1n) is 6.77. The molecule has 0 fully saturated rings. The predicted octanol–water partition coefficient (Wildman–Crippen LogP) is 1.88. The fourth-order valence-electron chi connectivity index (χ4n) is 1.63. The summed E-state index contributed by atoms with van der Waals surface area (Å²) in [5.41, 5.74) is 1.17. The molecule has 0 aliphatic rings. The third-order valence-corrected chi connectivity index (χ3v) is 2.59. The van der Waals surface area contributed by atoms with Crippen LogP contribution in [0, 0.1) is 6.92 Å². The number of benzene rings is 1. The van der Waals surface area contributed by atoms with Crippen LogP contribution in [-0.2, 0) is 4.79 Å². The van der Waals surface area contributed by atoms with Gasteiger partial charge in [0.25, 0.3) is 0 Å². The molecular weight excluding hydrogens is 240 g/mol. The average Bonchev–Trinajstić information content (AvgIpc) is 2.34. The summed E-state index contributed by atoms with van der Waals surface area (Å²) < 4.78 is 5.55. The number of amides is 1. The summed E-state index contributed by atoms with van der Waals surface area (Å²) in [5, 5.41) is 6.04. The molecule has 4 nitrogen and oxygen atoms in total. The molecule has 0 bridgehead atoms. The van der Waals surface area contributed by atoms with Gasteiger partial charge < -0.3 is 15.4 Å². The van der Waals surface area contributed by atoms with Crippen LogP contribution in [0.25, 0.3) is 0 Å². The summed E-state index contributed by atoms with van der Waals surface area (Å²) in [6.07, 6.45) is 0.503. The van der Waals surface area contributed by atoms with E-state index in [1.54, 1.807) is 0 Å². The third kappa shape index (κ3) is 7.47. The van der Waals surface area contributed by atoms with Crippen LogP contribution in [0.2, 0.25) is 0 Å². The number of aryl methyl sites for hydroxylation is 1. The van der Waals surface area contributed by atoms with Crippen LogP contribution >= 0.6 is 0 Å². The Kier molecular flexibility index (Phi) is 6.97. The van der Waals surface area contributed by atoms with Gasteiger partial charge in [-0.15, -0.1) is 0 Å². The van der Waals surface area contributed by atoms with Gasteiger partial charge in [0.05, 0.1) is 6.54 Å². The van der Waals surface area contributed by atoms with E-state index in [1.165, 1.54) is 5.56 Å². The first kappa shape index (κ1) is 15.5. The highest BCUT2D eigenvalue weighted by molar-refractivity contribution is 5.76. The molecule has 19 heavy (non-hydrogen) atoms. The van der Waals surface area contributed by atoms with Crippen LogP contribution in [0.5, 0.6) is 5.75 Å². The van der Waals surface area contributed by atoms with Crippen LogP contribution in [0.15, 0.2) is 24.3 Å². The average molecular weight is 264 g/mol. The summed E-state index contributed by atoms with van der Waals surface area (Å²) in [5.74, 6) is 0.900. The van der Waals surface area contributed by atoms with Gasteiger partial charge in [-0.05, 0) is 24.6 Å². The van der Waals surface area contributed by atoms with Crippen LogP contribution in [0.3, 0.4) is 0 Å². The Morgan fingerprint density at radius 3 is 2.79 bits per heavy atom. The zero-order chi connectivity index (χ0) is 14.1. The van der Waals surface area contributed by atoms with E-state index in [0.29, 0.717) is 32.2 Å². The smallest absolute Gasteiger partial charge is 0.221 e. The van der Waals surface area contributed by atoms with Crippen molar-refractivity contribution < 1.29 is 9.53 Å². The van der Waals surface area contributed by atoms with Gasteiger partial charge >= 0.3 is 0 Å². The topological polar surface area (TPSA) is 50.4 Å². The molecule has 1 aromatic rings. The lowest BCUT2D eigenvalue weighted by atomic mass is 10.2. The number of carbonyl (C=O) groups is 1. The SMILES string of the molecule is Cc1cccc(OCCNC(=O)CCNC(C)C)c1. The number of ether oxygens (including phenoxy) is 1. The molecule has 106 valence electrons. The molecule has 0 aliphatic heterocycles. The van der Waals surface area contributed by atoms with Crippen LogP contribution < -0.4 is 15.4 Å². The normalized spacial score (nSPS) is 10.5. The Hall–Kier alpha value is -1.55. The maximum atomic E-state index is 11.5. The lowest BCUT2D eigenvalue weighted by Crippen LogP contribution is -2.32. The van der Waals surface area contributed by atoms with Crippen LogP contribution in [-0.4, -0.2) is 31.6 Å². The van der Waals surface area contributed by atoms with E-state index in [4.69, 9.17) is 4.74 Å². The summed E-state index contributed by atoms with van der Waals surface area (Å²) in [4.78, 5) is 11.5. The monoisotopic (exact) mass is 264 g/mol. The van der Waals surface area contributed by atoms with E-state index in [9.17, 15) is 4.79 Å². The summed E-state index contributed by atoms with van der Waals surface area (Å²) in [7, 11) is 0. The maximum Gasteiger partial charge on any atom is 0.221 e. The van der Waals surface area contributed by atoms with E-state index < -0.39 is 0 Å². The first-order valence-corrected chi connectivity index (χ1v) is 6.77. The Balaban J connectivity index is 2.08. The van der Waals surface area contributed by atoms with Gasteiger partial charge in [-0.25, -0.2) is 0 Å². The molecule has 0 heterocycles. The molecule has 1 rings (SSSR count). The molecule has 0 spiro atoms. The first-order chi connectivity index (χ1) is 9.08. The second-order valence-electron chi connectivity index (χ2n) is 4.87. The van der Waals surface area contributed by atoms with Crippen molar-refractivity contribution in [3.05, 3.63) is 29.8 Å². The lowest BCUT2D eigenvalue weighted by Gasteiger charge is -2.09. The summed E-state index contributed by atoms with van der Waals surface area (Å²) in [6, 6.07) is 8.30. The summed E-state index contributed by atoms with van der Waals surface area (Å²) >= 11 is 0. The van der Waals surface area contributed by atoms with Gasteiger partial charge in [0.1, 0.15) is 12.4 Å². The molecule has 0 aromatic heterocycles. The van der Waals surface area contributed by atoms with E-state index in [-0.39, 0.29) is 5.91 Å². The van der Waals surface area contributed by atoms with Crippen LogP contribution in [0.1, 0.15) is 25.8 Å². The third-order valence-electron chi connectivity index (χ3n) is 2.59. The molecule has 0 saturated carbocycles. The van der Waals surface area contributed by atoms with Crippen LogP contribution in [0.4, 0.5) is 0 Å². The molecule has 0 atom stereocenters. The summed E-state index contributed by atoms with van der Waals surface area (Å²) in [6.45, 7) is 7.89. The van der Waals surface area contributed by atoms with Crippen molar-refractivity contribution in [1.82, 2.24) is 10.6 Å². The fraction of sp³-hybridized carbons (Fsp3) is 0.533. The van der Waals surface area contributed by atoms with Gasteiger partial charge in [0, 0.05) is 19.0 Å². The highest BCUT2D eigenvalue weighted by Crippen LogP contribution is 2.11. The zero-order valence-electron chi connectivity index (χ0n) is 12.0. The molecule has 1 aromatic carbocycles. The Morgan fingerprint density at radius 1 is 1.32 bits per heavy atom. The van der Waals surface area contributed by atoms with E-state index in [1.807, 2.05) is 31.2 Å². The molecule has 0 unspecified atom stereocenters. The van der Waals surface area contributed by atoms with Crippen molar-refractivity contribution in [1.29, 1.82) is 0 Å². The number of hydrogen-bond donors (Lipinski definition) is 2. The second-order valence-corrected chi connectivity index (χ2v) is 4.87. The standard InChI is InChI=1S/C15H24N2O2/c1-12(2)16-8-7-15(18)17-9-10-19-14-6-4-5-13(3)11-14/h4-6,11-12,16H,7-10H2,1-3H3,(H,17,18). The Labute approximate surface area is 115 Å². The van der Waals surface area contributed by atoms with Gasteiger partial charge in [-0.2, -0.15) is 0 Å².